The predicted molar refractivity (Wildman–Crippen MR) is 77.5 cm³/mol. The monoisotopic (exact) mass is 274 g/mol. The SMILES string of the molecule is CC1CC(C(=O)N2CCOc3ccccc3C2)CCN1. The molecule has 0 saturated carbocycles. The van der Waals surface area contributed by atoms with Gasteiger partial charge in [-0.1, -0.05) is 18.2 Å². The summed E-state index contributed by atoms with van der Waals surface area (Å²) < 4.78 is 5.73. The fourth-order valence-corrected chi connectivity index (χ4v) is 3.13. The second-order valence-electron chi connectivity index (χ2n) is 5.79. The van der Waals surface area contributed by atoms with Gasteiger partial charge < -0.3 is 15.0 Å². The fourth-order valence-electron chi connectivity index (χ4n) is 3.13. The summed E-state index contributed by atoms with van der Waals surface area (Å²) in [6.07, 6.45) is 1.89. The highest BCUT2D eigenvalue weighted by molar-refractivity contribution is 5.79. The lowest BCUT2D eigenvalue weighted by atomic mass is 9.92. The maximum atomic E-state index is 12.7. The molecule has 1 fully saturated rings. The molecule has 2 heterocycles. The number of nitrogens with one attached hydrogen (secondary N) is 1. The van der Waals surface area contributed by atoms with Crippen molar-refractivity contribution in [1.29, 1.82) is 0 Å². The van der Waals surface area contributed by atoms with Crippen LogP contribution in [0, 0.1) is 5.92 Å². The minimum atomic E-state index is 0.163. The van der Waals surface area contributed by atoms with Gasteiger partial charge in [0.2, 0.25) is 5.91 Å². The van der Waals surface area contributed by atoms with Crippen LogP contribution in [-0.4, -0.2) is 36.5 Å². The Morgan fingerprint density at radius 2 is 2.25 bits per heavy atom. The average molecular weight is 274 g/mol. The Labute approximate surface area is 120 Å². The van der Waals surface area contributed by atoms with Gasteiger partial charge in [0.05, 0.1) is 6.54 Å². The number of hydrogen-bond donors (Lipinski definition) is 1. The standard InChI is InChI=1S/C16H22N2O2/c1-12-10-13(6-7-17-12)16(19)18-8-9-20-15-5-3-2-4-14(15)11-18/h2-5,12-13,17H,6-11H2,1H3. The predicted octanol–water partition coefficient (Wildman–Crippen LogP) is 1.80. The summed E-state index contributed by atoms with van der Waals surface area (Å²) >= 11 is 0. The first-order valence-electron chi connectivity index (χ1n) is 7.47. The molecular weight excluding hydrogens is 252 g/mol. The smallest absolute Gasteiger partial charge is 0.226 e. The molecule has 4 heteroatoms. The van der Waals surface area contributed by atoms with Crippen LogP contribution in [-0.2, 0) is 11.3 Å². The van der Waals surface area contributed by atoms with E-state index in [2.05, 4.69) is 12.2 Å². The van der Waals surface area contributed by atoms with E-state index in [4.69, 9.17) is 4.74 Å². The Morgan fingerprint density at radius 3 is 3.10 bits per heavy atom. The molecule has 0 radical (unpaired) electrons. The summed E-state index contributed by atoms with van der Waals surface area (Å²) in [6.45, 7) is 5.04. The van der Waals surface area contributed by atoms with Crippen molar-refractivity contribution in [1.82, 2.24) is 10.2 Å². The molecule has 0 bridgehead atoms. The molecule has 1 aromatic carbocycles. The molecule has 2 aliphatic heterocycles. The number of fused-ring (bicyclic) bond motifs is 1. The second-order valence-corrected chi connectivity index (χ2v) is 5.79. The number of ether oxygens (including phenoxy) is 1. The molecule has 20 heavy (non-hydrogen) atoms. The quantitative estimate of drug-likeness (QED) is 0.849. The van der Waals surface area contributed by atoms with E-state index in [-0.39, 0.29) is 5.92 Å². The largest absolute Gasteiger partial charge is 0.491 e. The molecule has 0 aliphatic carbocycles. The van der Waals surface area contributed by atoms with Crippen molar-refractivity contribution in [2.75, 3.05) is 19.7 Å². The molecular formula is C16H22N2O2. The third kappa shape index (κ3) is 2.80. The number of rotatable bonds is 1. The number of carbonyl (C=O) groups is 1. The minimum absolute atomic E-state index is 0.163. The van der Waals surface area contributed by atoms with Gasteiger partial charge in [0.15, 0.2) is 0 Å². The second kappa shape index (κ2) is 5.83. The van der Waals surface area contributed by atoms with Gasteiger partial charge in [-0.2, -0.15) is 0 Å². The highest BCUT2D eigenvalue weighted by Gasteiger charge is 2.29. The van der Waals surface area contributed by atoms with Gasteiger partial charge in [0, 0.05) is 24.1 Å². The van der Waals surface area contributed by atoms with E-state index in [1.54, 1.807) is 0 Å². The molecule has 4 nitrogen and oxygen atoms in total. The molecule has 2 unspecified atom stereocenters. The van der Waals surface area contributed by atoms with Crippen LogP contribution in [0.5, 0.6) is 5.75 Å². The van der Waals surface area contributed by atoms with Crippen molar-refractivity contribution in [3.63, 3.8) is 0 Å². The van der Waals surface area contributed by atoms with Gasteiger partial charge in [-0.15, -0.1) is 0 Å². The van der Waals surface area contributed by atoms with Crippen molar-refractivity contribution < 1.29 is 9.53 Å². The van der Waals surface area contributed by atoms with E-state index >= 15 is 0 Å². The third-order valence-corrected chi connectivity index (χ3v) is 4.24. The summed E-state index contributed by atoms with van der Waals surface area (Å²) in [5.74, 6) is 1.37. The van der Waals surface area contributed by atoms with Gasteiger partial charge in [0.25, 0.3) is 0 Å². The van der Waals surface area contributed by atoms with Crippen LogP contribution in [0.25, 0.3) is 0 Å². The van der Waals surface area contributed by atoms with Crippen LogP contribution in [0.15, 0.2) is 24.3 Å². The minimum Gasteiger partial charge on any atom is -0.491 e. The van der Waals surface area contributed by atoms with E-state index in [9.17, 15) is 4.79 Å². The summed E-state index contributed by atoms with van der Waals surface area (Å²) in [4.78, 5) is 14.7. The lowest BCUT2D eigenvalue weighted by Gasteiger charge is -2.31. The molecule has 2 aliphatic rings. The summed E-state index contributed by atoms with van der Waals surface area (Å²) in [5.41, 5.74) is 1.11. The van der Waals surface area contributed by atoms with Crippen LogP contribution in [0.3, 0.4) is 0 Å². The number of amides is 1. The normalized spacial score (nSPS) is 26.4. The molecule has 1 aromatic rings. The highest BCUT2D eigenvalue weighted by atomic mass is 16.5. The van der Waals surface area contributed by atoms with Crippen molar-refractivity contribution in [3.05, 3.63) is 29.8 Å². The van der Waals surface area contributed by atoms with Crippen LogP contribution < -0.4 is 10.1 Å². The van der Waals surface area contributed by atoms with E-state index in [0.717, 1.165) is 30.7 Å². The van der Waals surface area contributed by atoms with Gasteiger partial charge in [-0.25, -0.2) is 0 Å². The zero-order chi connectivity index (χ0) is 13.9. The maximum absolute atomic E-state index is 12.7. The Morgan fingerprint density at radius 1 is 1.40 bits per heavy atom. The molecule has 0 spiro atoms. The molecule has 1 N–H and O–H groups in total. The van der Waals surface area contributed by atoms with Crippen molar-refractivity contribution in [2.24, 2.45) is 5.92 Å². The first-order chi connectivity index (χ1) is 9.74. The Kier molecular flexibility index (Phi) is 3.92. The molecule has 108 valence electrons. The average Bonchev–Trinajstić information content (AvgIpc) is 2.68. The Balaban J connectivity index is 1.72. The maximum Gasteiger partial charge on any atom is 0.226 e. The number of para-hydroxylation sites is 1. The summed E-state index contributed by atoms with van der Waals surface area (Å²) in [7, 11) is 0. The van der Waals surface area contributed by atoms with Crippen LogP contribution in [0.4, 0.5) is 0 Å². The number of carbonyl (C=O) groups excluding carboxylic acids is 1. The number of nitrogens with zero attached hydrogens (tertiary/aromatic N) is 1. The third-order valence-electron chi connectivity index (χ3n) is 4.24. The number of benzene rings is 1. The van der Waals surface area contributed by atoms with E-state index in [0.29, 0.717) is 31.6 Å². The van der Waals surface area contributed by atoms with Crippen molar-refractivity contribution in [3.8, 4) is 5.75 Å². The van der Waals surface area contributed by atoms with Gasteiger partial charge in [-0.3, -0.25) is 4.79 Å². The molecule has 1 saturated heterocycles. The van der Waals surface area contributed by atoms with E-state index in [1.165, 1.54) is 0 Å². The lowest BCUT2D eigenvalue weighted by Crippen LogP contribution is -2.44. The first kappa shape index (κ1) is 13.4. The zero-order valence-electron chi connectivity index (χ0n) is 12.0. The van der Waals surface area contributed by atoms with Crippen LogP contribution in [0.2, 0.25) is 0 Å². The van der Waals surface area contributed by atoms with E-state index in [1.807, 2.05) is 29.2 Å². The topological polar surface area (TPSA) is 41.6 Å². The Hall–Kier alpha value is -1.55. The van der Waals surface area contributed by atoms with Gasteiger partial charge in [-0.05, 0) is 32.4 Å². The Bertz CT molecular complexity index is 489. The van der Waals surface area contributed by atoms with Gasteiger partial charge >= 0.3 is 0 Å². The van der Waals surface area contributed by atoms with Crippen molar-refractivity contribution >= 4 is 5.91 Å². The highest BCUT2D eigenvalue weighted by Crippen LogP contribution is 2.25. The summed E-state index contributed by atoms with van der Waals surface area (Å²) in [5, 5.41) is 3.40. The first-order valence-corrected chi connectivity index (χ1v) is 7.47. The molecule has 0 aromatic heterocycles. The van der Waals surface area contributed by atoms with E-state index < -0.39 is 0 Å². The molecule has 3 rings (SSSR count). The lowest BCUT2D eigenvalue weighted by molar-refractivity contribution is -0.137. The van der Waals surface area contributed by atoms with Crippen LogP contribution in [0.1, 0.15) is 25.3 Å². The number of hydrogen-bond acceptors (Lipinski definition) is 3. The zero-order valence-corrected chi connectivity index (χ0v) is 12.0. The van der Waals surface area contributed by atoms with Gasteiger partial charge in [0.1, 0.15) is 12.4 Å². The van der Waals surface area contributed by atoms with Crippen molar-refractivity contribution in [2.45, 2.75) is 32.4 Å². The molecule has 2 atom stereocenters. The fraction of sp³-hybridized carbons (Fsp3) is 0.562. The summed E-state index contributed by atoms with van der Waals surface area (Å²) in [6, 6.07) is 8.45. The van der Waals surface area contributed by atoms with Crippen LogP contribution >= 0.6 is 0 Å². The number of piperidine rings is 1. The molecule has 1 amide bonds.